The zero-order chi connectivity index (χ0) is 17.6. The Bertz CT molecular complexity index is 760. The van der Waals surface area contributed by atoms with Crippen molar-refractivity contribution in [1.29, 1.82) is 0 Å². The highest BCUT2D eigenvalue weighted by Gasteiger charge is 2.56. The van der Waals surface area contributed by atoms with Gasteiger partial charge in [-0.15, -0.1) is 23.1 Å². The maximum absolute atomic E-state index is 12.5. The second-order valence-corrected chi connectivity index (χ2v) is 7.38. The number of fused-ring (bicyclic) bond motifs is 1. The van der Waals surface area contributed by atoms with Crippen molar-refractivity contribution in [3.63, 3.8) is 0 Å². The van der Waals surface area contributed by atoms with Crippen molar-refractivity contribution in [2.45, 2.75) is 23.6 Å². The normalized spacial score (nSPS) is 25.4. The average Bonchev–Trinajstić information content (AvgIpc) is 3.03. The van der Waals surface area contributed by atoms with Gasteiger partial charge in [0.2, 0.25) is 11.8 Å². The molecule has 24 heavy (non-hydrogen) atoms. The number of hydrogen-bond donors (Lipinski definition) is 2. The number of carboxylic acids is 1. The van der Waals surface area contributed by atoms with Gasteiger partial charge in [0, 0.05) is 13.1 Å². The van der Waals surface area contributed by atoms with Crippen molar-refractivity contribution < 1.29 is 24.3 Å². The molecule has 3 amide bonds. The van der Waals surface area contributed by atoms with Crippen molar-refractivity contribution in [2.75, 3.05) is 4.90 Å². The van der Waals surface area contributed by atoms with Crippen molar-refractivity contribution in [1.82, 2.24) is 4.90 Å². The first kappa shape index (κ1) is 16.5. The van der Waals surface area contributed by atoms with E-state index in [2.05, 4.69) is 0 Å². The number of carboxylic acid groups (broad SMARTS) is 1. The van der Waals surface area contributed by atoms with E-state index in [1.54, 1.807) is 17.5 Å². The van der Waals surface area contributed by atoms with Gasteiger partial charge in [-0.05, 0) is 17.5 Å². The zero-order valence-corrected chi connectivity index (χ0v) is 14.0. The number of primary amides is 1. The van der Waals surface area contributed by atoms with Crippen LogP contribution in [0.25, 0.3) is 0 Å². The number of thiophene rings is 1. The van der Waals surface area contributed by atoms with E-state index in [0.29, 0.717) is 5.00 Å². The first-order valence-corrected chi connectivity index (χ1v) is 8.70. The molecule has 8 nitrogen and oxygen atoms in total. The minimum atomic E-state index is -1.21. The fourth-order valence-corrected chi connectivity index (χ4v) is 4.91. The number of hydrogen-bond acceptors (Lipinski definition) is 6. The van der Waals surface area contributed by atoms with Crippen LogP contribution in [0.5, 0.6) is 0 Å². The molecule has 0 aromatic carbocycles. The molecule has 1 fully saturated rings. The standard InChI is InChI=1S/C14H13N3O5S2/c1-6(18)17(8-3-2-4-23-8)9-12(20)16-5-7(11(15)19)10(14(21)22)24-13(9)16/h2-5,9-10,13H,1H3,(H2,15,19)(H,21,22)/t9?,10?,13-/m1/s1. The predicted molar refractivity (Wildman–Crippen MR) is 88.2 cm³/mol. The predicted octanol–water partition coefficient (Wildman–Crippen LogP) is 0.207. The minimum Gasteiger partial charge on any atom is -0.480 e. The van der Waals surface area contributed by atoms with Crippen molar-refractivity contribution in [2.24, 2.45) is 5.73 Å². The highest BCUT2D eigenvalue weighted by Crippen LogP contribution is 2.44. The summed E-state index contributed by atoms with van der Waals surface area (Å²) in [7, 11) is 0. The lowest BCUT2D eigenvalue weighted by atomic mass is 10.0. The monoisotopic (exact) mass is 367 g/mol. The number of nitrogens with zero attached hydrogens (tertiary/aromatic N) is 2. The van der Waals surface area contributed by atoms with E-state index in [-0.39, 0.29) is 17.4 Å². The number of carbonyl (C=O) groups is 4. The van der Waals surface area contributed by atoms with Gasteiger partial charge in [0.25, 0.3) is 5.91 Å². The molecule has 2 aliphatic heterocycles. The third-order valence-electron chi connectivity index (χ3n) is 3.76. The molecule has 3 rings (SSSR count). The number of anilines is 1. The fourth-order valence-electron chi connectivity index (χ4n) is 2.69. The molecule has 2 aliphatic rings. The third kappa shape index (κ3) is 2.47. The number of β-lactam (4-membered cyclic amide) rings is 1. The summed E-state index contributed by atoms with van der Waals surface area (Å²) in [6.45, 7) is 1.35. The van der Waals surface area contributed by atoms with Crippen LogP contribution in [-0.4, -0.2) is 50.4 Å². The molecule has 0 spiro atoms. The Labute approximate surface area is 144 Å². The van der Waals surface area contributed by atoms with Crippen LogP contribution < -0.4 is 10.6 Å². The molecule has 0 aliphatic carbocycles. The van der Waals surface area contributed by atoms with Gasteiger partial charge in [-0.3, -0.25) is 24.1 Å². The second kappa shape index (κ2) is 5.95. The highest BCUT2D eigenvalue weighted by molar-refractivity contribution is 8.01. The van der Waals surface area contributed by atoms with Crippen LogP contribution in [0.3, 0.4) is 0 Å². The molecule has 1 aromatic rings. The van der Waals surface area contributed by atoms with Gasteiger partial charge in [-0.1, -0.05) is 0 Å². The minimum absolute atomic E-state index is 0.138. The van der Waals surface area contributed by atoms with Crippen LogP contribution in [0.4, 0.5) is 5.00 Å². The van der Waals surface area contributed by atoms with E-state index in [1.165, 1.54) is 34.3 Å². The fraction of sp³-hybridized carbons (Fsp3) is 0.286. The van der Waals surface area contributed by atoms with E-state index in [1.807, 2.05) is 0 Å². The van der Waals surface area contributed by atoms with Gasteiger partial charge in [0.1, 0.15) is 16.7 Å². The van der Waals surface area contributed by atoms with E-state index >= 15 is 0 Å². The number of amides is 3. The van der Waals surface area contributed by atoms with Gasteiger partial charge in [0.15, 0.2) is 0 Å². The molecular weight excluding hydrogens is 354 g/mol. The summed E-state index contributed by atoms with van der Waals surface area (Å²) in [6.07, 6.45) is 1.19. The lowest BCUT2D eigenvalue weighted by molar-refractivity contribution is -0.143. The molecule has 0 radical (unpaired) electrons. The topological polar surface area (TPSA) is 121 Å². The molecule has 0 saturated carbocycles. The Morgan fingerprint density at radius 2 is 2.08 bits per heavy atom. The average molecular weight is 367 g/mol. The summed E-state index contributed by atoms with van der Waals surface area (Å²) in [4.78, 5) is 50.0. The molecule has 1 saturated heterocycles. The van der Waals surface area contributed by atoms with E-state index in [0.717, 1.165) is 11.8 Å². The Balaban J connectivity index is 1.95. The number of nitrogens with two attached hydrogens (primary N) is 1. The smallest absolute Gasteiger partial charge is 0.321 e. The Morgan fingerprint density at radius 1 is 1.38 bits per heavy atom. The van der Waals surface area contributed by atoms with Crippen molar-refractivity contribution in [3.8, 4) is 0 Å². The first-order valence-electron chi connectivity index (χ1n) is 6.88. The maximum Gasteiger partial charge on any atom is 0.321 e. The number of rotatable bonds is 4. The van der Waals surface area contributed by atoms with Crippen LogP contribution in [0.15, 0.2) is 29.3 Å². The summed E-state index contributed by atoms with van der Waals surface area (Å²) >= 11 is 2.24. The van der Waals surface area contributed by atoms with E-state index < -0.39 is 28.5 Å². The van der Waals surface area contributed by atoms with Crippen molar-refractivity contribution in [3.05, 3.63) is 29.3 Å². The SMILES string of the molecule is CC(=O)N(c1cccs1)C1C(=O)N2C=C(C(N)=O)C(C(=O)O)S[C@H]12. The molecule has 2 unspecified atom stereocenters. The van der Waals surface area contributed by atoms with Crippen molar-refractivity contribution >= 4 is 51.8 Å². The summed E-state index contributed by atoms with van der Waals surface area (Å²) in [5.74, 6) is -2.79. The Hall–Kier alpha value is -2.33. The molecule has 3 heterocycles. The van der Waals surface area contributed by atoms with E-state index in [4.69, 9.17) is 5.73 Å². The van der Waals surface area contributed by atoms with Gasteiger partial charge in [-0.2, -0.15) is 0 Å². The van der Waals surface area contributed by atoms with Gasteiger partial charge in [-0.25, -0.2) is 0 Å². The lowest BCUT2D eigenvalue weighted by Crippen LogP contribution is -2.70. The summed E-state index contributed by atoms with van der Waals surface area (Å²) in [6, 6.07) is 2.67. The first-order chi connectivity index (χ1) is 11.3. The number of aliphatic carboxylic acids is 1. The second-order valence-electron chi connectivity index (χ2n) is 5.22. The molecule has 0 bridgehead atoms. The number of carbonyl (C=O) groups excluding carboxylic acids is 3. The van der Waals surface area contributed by atoms with Crippen LogP contribution >= 0.6 is 23.1 Å². The summed E-state index contributed by atoms with van der Waals surface area (Å²) in [5, 5.41) is 9.96. The molecule has 3 atom stereocenters. The molecule has 126 valence electrons. The Kier molecular flexibility index (Phi) is 4.10. The zero-order valence-electron chi connectivity index (χ0n) is 12.4. The maximum atomic E-state index is 12.5. The highest BCUT2D eigenvalue weighted by atomic mass is 32.2. The van der Waals surface area contributed by atoms with Gasteiger partial charge >= 0.3 is 5.97 Å². The molecular formula is C14H13N3O5S2. The Morgan fingerprint density at radius 3 is 2.58 bits per heavy atom. The third-order valence-corrected chi connectivity index (χ3v) is 6.12. The molecule has 3 N–H and O–H groups in total. The molecule has 1 aromatic heterocycles. The lowest BCUT2D eigenvalue weighted by Gasteiger charge is -2.51. The van der Waals surface area contributed by atoms with E-state index in [9.17, 15) is 24.3 Å². The summed E-state index contributed by atoms with van der Waals surface area (Å²) < 4.78 is 0. The van der Waals surface area contributed by atoms with Crippen LogP contribution in [-0.2, 0) is 19.2 Å². The van der Waals surface area contributed by atoms with Crippen LogP contribution in [0, 0.1) is 0 Å². The number of thioether (sulfide) groups is 1. The van der Waals surface area contributed by atoms with Gasteiger partial charge in [0.05, 0.1) is 10.6 Å². The molecule has 10 heteroatoms. The summed E-state index contributed by atoms with van der Waals surface area (Å²) in [5.41, 5.74) is 5.07. The van der Waals surface area contributed by atoms with Crippen LogP contribution in [0.2, 0.25) is 0 Å². The quantitative estimate of drug-likeness (QED) is 0.734. The largest absolute Gasteiger partial charge is 0.480 e. The van der Waals surface area contributed by atoms with Crippen LogP contribution in [0.1, 0.15) is 6.92 Å². The van der Waals surface area contributed by atoms with Gasteiger partial charge < -0.3 is 15.7 Å².